The standard InChI is InChI=1S/C24H25N3O3/c28-22(26-21-11-5-8-17-6-1-3-9-19(17)21)12-14-25-23(29)16-27-15-13-18-7-2-4-10-20(18)24(27)30/h1-4,6-7,9-10,13,15,21H,5,8,11-12,14,16H2,(H,25,29)(H,26,28)/t21-/m1/s1. The summed E-state index contributed by atoms with van der Waals surface area (Å²) in [5, 5.41) is 7.25. The third-order valence-corrected chi connectivity index (χ3v) is 5.58. The number of nitrogens with one attached hydrogen (secondary N) is 2. The first kappa shape index (κ1) is 19.9. The zero-order chi connectivity index (χ0) is 20.9. The molecule has 1 aliphatic rings. The van der Waals surface area contributed by atoms with Crippen molar-refractivity contribution in [2.45, 2.75) is 38.3 Å². The lowest BCUT2D eigenvalue weighted by molar-refractivity contribution is -0.123. The number of aromatic nitrogens is 1. The molecule has 1 heterocycles. The van der Waals surface area contributed by atoms with Crippen LogP contribution < -0.4 is 16.2 Å². The number of carbonyl (C=O) groups is 2. The summed E-state index contributed by atoms with van der Waals surface area (Å²) in [4.78, 5) is 37.1. The van der Waals surface area contributed by atoms with Gasteiger partial charge in [0, 0.05) is 24.5 Å². The number of aryl methyl sites for hydroxylation is 1. The highest BCUT2D eigenvalue weighted by Gasteiger charge is 2.21. The van der Waals surface area contributed by atoms with Gasteiger partial charge in [0.2, 0.25) is 11.8 Å². The van der Waals surface area contributed by atoms with Crippen molar-refractivity contribution in [2.75, 3.05) is 6.54 Å². The van der Waals surface area contributed by atoms with Crippen molar-refractivity contribution < 1.29 is 9.59 Å². The van der Waals surface area contributed by atoms with Crippen LogP contribution in [0.3, 0.4) is 0 Å². The molecular formula is C24H25N3O3. The van der Waals surface area contributed by atoms with Crippen molar-refractivity contribution in [3.05, 3.63) is 82.3 Å². The molecule has 2 N–H and O–H groups in total. The Bertz CT molecular complexity index is 1140. The van der Waals surface area contributed by atoms with E-state index >= 15 is 0 Å². The van der Waals surface area contributed by atoms with Crippen LogP contribution in [0.4, 0.5) is 0 Å². The van der Waals surface area contributed by atoms with Gasteiger partial charge in [-0.1, -0.05) is 42.5 Å². The molecule has 0 unspecified atom stereocenters. The minimum Gasteiger partial charge on any atom is -0.354 e. The molecule has 2 aromatic carbocycles. The minimum absolute atomic E-state index is 0.0364. The van der Waals surface area contributed by atoms with Gasteiger partial charge in [-0.05, 0) is 47.9 Å². The van der Waals surface area contributed by atoms with Crippen LogP contribution in [0.15, 0.2) is 65.6 Å². The van der Waals surface area contributed by atoms with Gasteiger partial charge in [-0.15, -0.1) is 0 Å². The van der Waals surface area contributed by atoms with Gasteiger partial charge < -0.3 is 15.2 Å². The van der Waals surface area contributed by atoms with Crippen molar-refractivity contribution in [1.82, 2.24) is 15.2 Å². The second-order valence-electron chi connectivity index (χ2n) is 7.65. The number of nitrogens with zero attached hydrogens (tertiary/aromatic N) is 1. The van der Waals surface area contributed by atoms with Crippen LogP contribution in [0, 0.1) is 0 Å². The first-order valence-corrected chi connectivity index (χ1v) is 10.3. The predicted molar refractivity (Wildman–Crippen MR) is 116 cm³/mol. The van der Waals surface area contributed by atoms with E-state index in [1.165, 1.54) is 15.7 Å². The average molecular weight is 403 g/mol. The summed E-state index contributed by atoms with van der Waals surface area (Å²) in [6.07, 6.45) is 4.86. The summed E-state index contributed by atoms with van der Waals surface area (Å²) in [6, 6.07) is 17.4. The van der Waals surface area contributed by atoms with E-state index in [4.69, 9.17) is 0 Å². The van der Waals surface area contributed by atoms with Gasteiger partial charge in [0.15, 0.2) is 0 Å². The molecule has 1 atom stereocenters. The maximum Gasteiger partial charge on any atom is 0.258 e. The smallest absolute Gasteiger partial charge is 0.258 e. The fourth-order valence-electron chi connectivity index (χ4n) is 4.05. The number of carbonyl (C=O) groups excluding carboxylic acids is 2. The van der Waals surface area contributed by atoms with Crippen LogP contribution >= 0.6 is 0 Å². The highest BCUT2D eigenvalue weighted by atomic mass is 16.2. The second kappa shape index (κ2) is 8.95. The number of hydrogen-bond acceptors (Lipinski definition) is 3. The lowest BCUT2D eigenvalue weighted by Crippen LogP contribution is -2.36. The summed E-state index contributed by atoms with van der Waals surface area (Å²) >= 11 is 0. The molecule has 0 fully saturated rings. The van der Waals surface area contributed by atoms with E-state index in [-0.39, 0.29) is 42.9 Å². The van der Waals surface area contributed by atoms with Gasteiger partial charge >= 0.3 is 0 Å². The molecule has 0 saturated carbocycles. The molecule has 0 radical (unpaired) electrons. The van der Waals surface area contributed by atoms with Crippen LogP contribution in [0.2, 0.25) is 0 Å². The molecule has 0 aliphatic heterocycles. The van der Waals surface area contributed by atoms with Gasteiger partial charge in [0.05, 0.1) is 6.04 Å². The molecule has 6 nitrogen and oxygen atoms in total. The minimum atomic E-state index is -0.289. The summed E-state index contributed by atoms with van der Waals surface area (Å²) < 4.78 is 1.39. The van der Waals surface area contributed by atoms with Gasteiger partial charge in [0.1, 0.15) is 6.54 Å². The van der Waals surface area contributed by atoms with Crippen molar-refractivity contribution in [1.29, 1.82) is 0 Å². The predicted octanol–water partition coefficient (Wildman–Crippen LogP) is 2.70. The lowest BCUT2D eigenvalue weighted by Gasteiger charge is -2.26. The third kappa shape index (κ3) is 4.43. The third-order valence-electron chi connectivity index (χ3n) is 5.58. The van der Waals surface area contributed by atoms with E-state index in [0.717, 1.165) is 24.6 Å². The normalized spacial score (nSPS) is 15.4. The number of pyridine rings is 1. The molecule has 1 aromatic heterocycles. The fraction of sp³-hybridized carbons (Fsp3) is 0.292. The van der Waals surface area contributed by atoms with Crippen LogP contribution in [0.1, 0.15) is 36.4 Å². The Morgan fingerprint density at radius 1 is 1.00 bits per heavy atom. The van der Waals surface area contributed by atoms with Crippen molar-refractivity contribution in [3.8, 4) is 0 Å². The zero-order valence-corrected chi connectivity index (χ0v) is 16.8. The number of amides is 2. The monoisotopic (exact) mass is 403 g/mol. The first-order chi connectivity index (χ1) is 14.6. The molecule has 154 valence electrons. The quantitative estimate of drug-likeness (QED) is 0.664. The Hall–Kier alpha value is -3.41. The Kier molecular flexibility index (Phi) is 5.93. The van der Waals surface area contributed by atoms with E-state index < -0.39 is 0 Å². The van der Waals surface area contributed by atoms with E-state index in [1.54, 1.807) is 18.3 Å². The number of hydrogen-bond donors (Lipinski definition) is 2. The summed E-state index contributed by atoms with van der Waals surface area (Å²) in [7, 11) is 0. The van der Waals surface area contributed by atoms with Gasteiger partial charge in [0.25, 0.3) is 5.56 Å². The highest BCUT2D eigenvalue weighted by Crippen LogP contribution is 2.29. The average Bonchev–Trinajstić information content (AvgIpc) is 2.76. The van der Waals surface area contributed by atoms with Crippen molar-refractivity contribution in [3.63, 3.8) is 0 Å². The molecule has 30 heavy (non-hydrogen) atoms. The Morgan fingerprint density at radius 2 is 1.80 bits per heavy atom. The molecule has 4 rings (SSSR count). The van der Waals surface area contributed by atoms with Gasteiger partial charge in [-0.3, -0.25) is 14.4 Å². The van der Waals surface area contributed by atoms with Crippen LogP contribution in [0.25, 0.3) is 10.8 Å². The van der Waals surface area contributed by atoms with E-state index in [0.29, 0.717) is 5.39 Å². The Balaban J connectivity index is 1.28. The second-order valence-corrected chi connectivity index (χ2v) is 7.65. The maximum absolute atomic E-state index is 12.5. The topological polar surface area (TPSA) is 80.2 Å². The SMILES string of the molecule is O=C(Cn1ccc2ccccc2c1=O)NCCC(=O)N[C@@H]1CCCc2ccccc21. The number of fused-ring (bicyclic) bond motifs is 2. The van der Waals surface area contributed by atoms with Gasteiger partial charge in [-0.25, -0.2) is 0 Å². The van der Waals surface area contributed by atoms with Crippen LogP contribution in [-0.2, 0) is 22.6 Å². The molecule has 1 aliphatic carbocycles. The molecular weight excluding hydrogens is 378 g/mol. The molecule has 3 aromatic rings. The lowest BCUT2D eigenvalue weighted by atomic mass is 9.88. The van der Waals surface area contributed by atoms with Crippen LogP contribution in [0.5, 0.6) is 0 Å². The zero-order valence-electron chi connectivity index (χ0n) is 16.8. The van der Waals surface area contributed by atoms with Crippen LogP contribution in [-0.4, -0.2) is 22.9 Å². The highest BCUT2D eigenvalue weighted by molar-refractivity contribution is 5.82. The maximum atomic E-state index is 12.5. The molecule has 2 amide bonds. The van der Waals surface area contributed by atoms with Gasteiger partial charge in [-0.2, -0.15) is 0 Å². The summed E-state index contributed by atoms with van der Waals surface area (Å²) in [5.41, 5.74) is 2.29. The number of rotatable bonds is 6. The largest absolute Gasteiger partial charge is 0.354 e. The molecule has 0 bridgehead atoms. The summed E-state index contributed by atoms with van der Waals surface area (Å²) in [5.74, 6) is -0.372. The number of benzene rings is 2. The Labute approximate surface area is 174 Å². The van der Waals surface area contributed by atoms with E-state index in [1.807, 2.05) is 30.3 Å². The fourth-order valence-corrected chi connectivity index (χ4v) is 4.05. The molecule has 0 saturated heterocycles. The molecule has 0 spiro atoms. The summed E-state index contributed by atoms with van der Waals surface area (Å²) in [6.45, 7) is 0.169. The van der Waals surface area contributed by atoms with E-state index in [2.05, 4.69) is 22.8 Å². The van der Waals surface area contributed by atoms with E-state index in [9.17, 15) is 14.4 Å². The molecule has 6 heteroatoms. The first-order valence-electron chi connectivity index (χ1n) is 10.3. The Morgan fingerprint density at radius 3 is 2.70 bits per heavy atom. The van der Waals surface area contributed by atoms with Crippen molar-refractivity contribution >= 4 is 22.6 Å². The van der Waals surface area contributed by atoms with Crippen molar-refractivity contribution in [2.24, 2.45) is 0 Å².